The molecule has 0 aliphatic rings. The molecule has 0 aliphatic carbocycles. The second kappa shape index (κ2) is 6.60. The number of benzene rings is 2. The van der Waals surface area contributed by atoms with Gasteiger partial charge in [0.1, 0.15) is 11.4 Å². The lowest BCUT2D eigenvalue weighted by Gasteiger charge is -2.06. The maximum Gasteiger partial charge on any atom is 0.281 e. The summed E-state index contributed by atoms with van der Waals surface area (Å²) in [5, 5.41) is 1.78. The molecule has 2 aromatic carbocycles. The van der Waals surface area contributed by atoms with Crippen molar-refractivity contribution in [2.45, 2.75) is 6.42 Å². The second-order valence-corrected chi connectivity index (χ2v) is 6.17. The maximum absolute atomic E-state index is 12.3. The Hall–Kier alpha value is -3.62. The van der Waals surface area contributed by atoms with Crippen molar-refractivity contribution in [3.63, 3.8) is 0 Å². The fraction of sp³-hybridized carbons (Fsp3) is 0.0526. The molecule has 0 saturated carbocycles. The van der Waals surface area contributed by atoms with E-state index in [-0.39, 0.29) is 0 Å². The van der Waals surface area contributed by atoms with E-state index in [1.54, 1.807) is 0 Å². The summed E-state index contributed by atoms with van der Waals surface area (Å²) < 4.78 is 0. The summed E-state index contributed by atoms with van der Waals surface area (Å²) in [6.45, 7) is 0. The van der Waals surface area contributed by atoms with E-state index in [9.17, 15) is 9.59 Å². The maximum atomic E-state index is 12.3. The van der Waals surface area contributed by atoms with Crippen LogP contribution < -0.4 is 22.5 Å². The minimum atomic E-state index is -0.425. The number of aromatic amines is 2. The van der Waals surface area contributed by atoms with E-state index >= 15 is 0 Å². The number of hydrogen-bond donors (Lipinski definition) is 6. The van der Waals surface area contributed by atoms with Gasteiger partial charge in [-0.25, -0.2) is 11.7 Å². The zero-order chi connectivity index (χ0) is 19.0. The molecule has 0 aliphatic heterocycles. The van der Waals surface area contributed by atoms with Gasteiger partial charge in [-0.1, -0.05) is 36.4 Å². The van der Waals surface area contributed by atoms with Crippen molar-refractivity contribution in [1.82, 2.24) is 20.8 Å². The molecule has 0 atom stereocenters. The third kappa shape index (κ3) is 2.73. The number of hydrogen-bond acceptors (Lipinski definition) is 4. The Morgan fingerprint density at radius 1 is 0.741 bits per heavy atom. The van der Waals surface area contributed by atoms with E-state index in [1.165, 1.54) is 0 Å². The highest BCUT2D eigenvalue weighted by molar-refractivity contribution is 6.04. The largest absolute Gasteiger partial charge is 0.350 e. The average Bonchev–Trinajstić information content (AvgIpc) is 3.26. The summed E-state index contributed by atoms with van der Waals surface area (Å²) in [6.07, 6.45) is 0.347. The van der Waals surface area contributed by atoms with E-state index < -0.39 is 11.8 Å². The highest BCUT2D eigenvalue weighted by atomic mass is 16.2. The average molecular weight is 362 g/mol. The van der Waals surface area contributed by atoms with Gasteiger partial charge in [0.05, 0.1) is 0 Å². The molecule has 0 fully saturated rings. The minimum Gasteiger partial charge on any atom is -0.350 e. The van der Waals surface area contributed by atoms with Crippen LogP contribution in [0.3, 0.4) is 0 Å². The zero-order valence-electron chi connectivity index (χ0n) is 14.3. The van der Waals surface area contributed by atoms with Gasteiger partial charge in [-0.15, -0.1) is 0 Å². The lowest BCUT2D eigenvalue weighted by molar-refractivity contribution is 0.0942. The molecule has 4 aromatic rings. The molecule has 8 heteroatoms. The zero-order valence-corrected chi connectivity index (χ0v) is 14.3. The monoisotopic (exact) mass is 362 g/mol. The Labute approximate surface area is 153 Å². The first-order chi connectivity index (χ1) is 13.1. The van der Waals surface area contributed by atoms with E-state index in [0.717, 1.165) is 32.9 Å². The molecule has 0 saturated heterocycles. The Balaban J connectivity index is 1.95. The van der Waals surface area contributed by atoms with E-state index in [2.05, 4.69) is 20.8 Å². The number of nitrogens with one attached hydrogen (secondary N) is 4. The van der Waals surface area contributed by atoms with E-state index in [4.69, 9.17) is 11.7 Å². The molecule has 136 valence electrons. The number of nitrogens with two attached hydrogens (primary N) is 2. The SMILES string of the molecule is NNC(=O)c1[nH]c2ccccc2c1Cc1c(C(=O)NN)[nH]c2ccccc12. The molecule has 0 bridgehead atoms. The van der Waals surface area contributed by atoms with Crippen LogP contribution in [0.2, 0.25) is 0 Å². The minimum absolute atomic E-state index is 0.347. The van der Waals surface area contributed by atoms with Crippen molar-refractivity contribution in [3.8, 4) is 0 Å². The lowest BCUT2D eigenvalue weighted by atomic mass is 9.98. The fourth-order valence-corrected chi connectivity index (χ4v) is 3.48. The highest BCUT2D eigenvalue weighted by Gasteiger charge is 2.22. The lowest BCUT2D eigenvalue weighted by Crippen LogP contribution is -2.31. The number of carbonyl (C=O) groups excluding carboxylic acids is 2. The van der Waals surface area contributed by atoms with Gasteiger partial charge in [0.2, 0.25) is 0 Å². The summed E-state index contributed by atoms with van der Waals surface area (Å²) in [4.78, 5) is 30.8. The smallest absolute Gasteiger partial charge is 0.281 e. The Kier molecular flexibility index (Phi) is 4.11. The molecule has 27 heavy (non-hydrogen) atoms. The van der Waals surface area contributed by atoms with Gasteiger partial charge < -0.3 is 9.97 Å². The van der Waals surface area contributed by atoms with Crippen LogP contribution in [0.4, 0.5) is 0 Å². The first-order valence-electron chi connectivity index (χ1n) is 8.35. The van der Waals surface area contributed by atoms with Gasteiger partial charge in [0, 0.05) is 28.2 Å². The molecule has 2 amide bonds. The topological polar surface area (TPSA) is 142 Å². The second-order valence-electron chi connectivity index (χ2n) is 6.17. The Morgan fingerprint density at radius 2 is 1.15 bits per heavy atom. The summed E-state index contributed by atoms with van der Waals surface area (Å²) in [5.74, 6) is 9.85. The van der Waals surface area contributed by atoms with Crippen LogP contribution >= 0.6 is 0 Å². The van der Waals surface area contributed by atoms with Crippen LogP contribution in [0, 0.1) is 0 Å². The number of carbonyl (C=O) groups is 2. The molecular weight excluding hydrogens is 344 g/mol. The van der Waals surface area contributed by atoms with E-state index in [0.29, 0.717) is 17.8 Å². The third-order valence-corrected chi connectivity index (χ3v) is 4.70. The van der Waals surface area contributed by atoms with Gasteiger partial charge >= 0.3 is 0 Å². The van der Waals surface area contributed by atoms with Gasteiger partial charge in [0.15, 0.2) is 0 Å². The number of rotatable bonds is 4. The number of fused-ring (bicyclic) bond motifs is 2. The van der Waals surface area contributed by atoms with Gasteiger partial charge in [-0.3, -0.25) is 20.4 Å². The molecule has 0 unspecified atom stereocenters. The van der Waals surface area contributed by atoms with Crippen LogP contribution in [0.1, 0.15) is 32.1 Å². The summed E-state index contributed by atoms with van der Waals surface area (Å²) in [5.41, 5.74) is 8.21. The number of H-pyrrole nitrogens is 2. The number of nitrogen functional groups attached to an aromatic ring is 2. The van der Waals surface area contributed by atoms with Crippen LogP contribution in [0.5, 0.6) is 0 Å². The van der Waals surface area contributed by atoms with Crippen molar-refractivity contribution in [3.05, 3.63) is 71.0 Å². The van der Waals surface area contributed by atoms with Crippen molar-refractivity contribution in [2.75, 3.05) is 0 Å². The van der Waals surface area contributed by atoms with Crippen LogP contribution in [-0.4, -0.2) is 21.8 Å². The molecule has 0 radical (unpaired) electrons. The molecule has 8 nitrogen and oxygen atoms in total. The van der Waals surface area contributed by atoms with Crippen molar-refractivity contribution in [2.24, 2.45) is 11.7 Å². The first-order valence-corrected chi connectivity index (χ1v) is 8.35. The number of aromatic nitrogens is 2. The fourth-order valence-electron chi connectivity index (χ4n) is 3.48. The number of amides is 2. The molecule has 8 N–H and O–H groups in total. The van der Waals surface area contributed by atoms with Crippen LogP contribution in [0.15, 0.2) is 48.5 Å². The van der Waals surface area contributed by atoms with Crippen molar-refractivity contribution < 1.29 is 9.59 Å². The molecule has 0 spiro atoms. The molecule has 2 heterocycles. The first kappa shape index (κ1) is 16.8. The molecule has 4 rings (SSSR count). The Morgan fingerprint density at radius 3 is 1.56 bits per heavy atom. The van der Waals surface area contributed by atoms with E-state index in [1.807, 2.05) is 48.5 Å². The van der Waals surface area contributed by atoms with Crippen molar-refractivity contribution >= 4 is 33.6 Å². The number of para-hydroxylation sites is 2. The van der Waals surface area contributed by atoms with Gasteiger partial charge in [-0.05, 0) is 23.3 Å². The highest BCUT2D eigenvalue weighted by Crippen LogP contribution is 2.30. The number of hydrazine groups is 2. The third-order valence-electron chi connectivity index (χ3n) is 4.70. The van der Waals surface area contributed by atoms with Crippen LogP contribution in [-0.2, 0) is 6.42 Å². The predicted molar refractivity (Wildman–Crippen MR) is 103 cm³/mol. The normalized spacial score (nSPS) is 11.0. The van der Waals surface area contributed by atoms with Crippen molar-refractivity contribution in [1.29, 1.82) is 0 Å². The van der Waals surface area contributed by atoms with Gasteiger partial charge in [-0.2, -0.15) is 0 Å². The molecule has 2 aromatic heterocycles. The summed E-state index contributed by atoms with van der Waals surface area (Å²) in [6, 6.07) is 15.2. The molecular formula is C19H18N6O2. The predicted octanol–water partition coefficient (Wildman–Crippen LogP) is 1.45. The van der Waals surface area contributed by atoms with Gasteiger partial charge in [0.25, 0.3) is 11.8 Å². The quantitative estimate of drug-likeness (QED) is 0.186. The van der Waals surface area contributed by atoms with Crippen LogP contribution in [0.25, 0.3) is 21.8 Å². The summed E-state index contributed by atoms with van der Waals surface area (Å²) in [7, 11) is 0. The Bertz CT molecular complexity index is 1080. The summed E-state index contributed by atoms with van der Waals surface area (Å²) >= 11 is 0. The standard InChI is InChI=1S/C19H18N6O2/c20-24-18(26)16-12(10-5-1-3-7-14(10)22-16)9-13-11-6-2-4-8-15(11)23-17(13)19(27)25-21/h1-8,22-23H,9,20-21H2,(H,24,26)(H,25,27).